The second-order valence-electron chi connectivity index (χ2n) is 7.71. The van der Waals surface area contributed by atoms with Gasteiger partial charge in [0.15, 0.2) is 5.16 Å². The van der Waals surface area contributed by atoms with Gasteiger partial charge in [-0.3, -0.25) is 14.2 Å². The number of thioether (sulfide) groups is 1. The first-order chi connectivity index (χ1) is 15.2. The van der Waals surface area contributed by atoms with Gasteiger partial charge in [0.05, 0.1) is 22.7 Å². The number of amides is 1. The van der Waals surface area contributed by atoms with Crippen LogP contribution in [0, 0.1) is 11.3 Å². The molecule has 0 spiro atoms. The number of benzene rings is 2. The average Bonchev–Trinajstić information content (AvgIpc) is 2.82. The van der Waals surface area contributed by atoms with E-state index in [2.05, 4.69) is 11.4 Å². The highest BCUT2D eigenvalue weighted by molar-refractivity contribution is 7.99. The minimum Gasteiger partial charge on any atom is -0.348 e. The molecular weight excluding hydrogens is 408 g/mol. The number of carbonyl (C=O) groups excluding carboxylic acids is 1. The van der Waals surface area contributed by atoms with E-state index in [0.29, 0.717) is 28.2 Å². The zero-order chi connectivity index (χ0) is 21.6. The van der Waals surface area contributed by atoms with E-state index in [-0.39, 0.29) is 23.3 Å². The fraction of sp³-hybridized carbons (Fsp3) is 0.333. The summed E-state index contributed by atoms with van der Waals surface area (Å²) in [6, 6.07) is 17.0. The van der Waals surface area contributed by atoms with Crippen molar-refractivity contribution in [1.82, 2.24) is 14.9 Å². The van der Waals surface area contributed by atoms with Gasteiger partial charge >= 0.3 is 0 Å². The highest BCUT2D eigenvalue weighted by atomic mass is 32.2. The summed E-state index contributed by atoms with van der Waals surface area (Å²) in [6.45, 7) is 0.428. The molecule has 2 aromatic carbocycles. The molecule has 0 saturated heterocycles. The summed E-state index contributed by atoms with van der Waals surface area (Å²) < 4.78 is 1.78. The van der Waals surface area contributed by atoms with E-state index in [1.54, 1.807) is 22.8 Å². The van der Waals surface area contributed by atoms with Crippen LogP contribution in [0.3, 0.4) is 0 Å². The fourth-order valence-corrected chi connectivity index (χ4v) is 4.79. The molecule has 0 unspecified atom stereocenters. The molecule has 0 bridgehead atoms. The standard InChI is InChI=1S/C24H24N4O2S/c25-13-14-31-24-27-21-15-18(22(29)26-16-17-7-3-1-4-8-17)11-12-20(21)23(30)28(24)19-9-5-2-6-10-19/h1,3-4,7-8,11-12,15,19H,2,5-6,9-10,14,16H2,(H,26,29). The molecule has 1 aliphatic carbocycles. The minimum atomic E-state index is -0.213. The predicted molar refractivity (Wildman–Crippen MR) is 122 cm³/mol. The van der Waals surface area contributed by atoms with Crippen LogP contribution in [0.1, 0.15) is 54.1 Å². The number of fused-ring (bicyclic) bond motifs is 1. The topological polar surface area (TPSA) is 87.8 Å². The summed E-state index contributed by atoms with van der Waals surface area (Å²) in [6.07, 6.45) is 5.28. The van der Waals surface area contributed by atoms with Gasteiger partial charge in [0.2, 0.25) is 0 Å². The van der Waals surface area contributed by atoms with Gasteiger partial charge in [0.25, 0.3) is 11.5 Å². The molecule has 1 amide bonds. The number of hydrogen-bond donors (Lipinski definition) is 1. The Hall–Kier alpha value is -3.11. The lowest BCUT2D eigenvalue weighted by Gasteiger charge is -2.26. The lowest BCUT2D eigenvalue weighted by Crippen LogP contribution is -2.29. The number of nitrogens with one attached hydrogen (secondary N) is 1. The molecule has 1 saturated carbocycles. The van der Waals surface area contributed by atoms with Crippen molar-refractivity contribution in [2.45, 2.75) is 49.8 Å². The Morgan fingerprint density at radius 2 is 1.94 bits per heavy atom. The highest BCUT2D eigenvalue weighted by Gasteiger charge is 2.22. The van der Waals surface area contributed by atoms with Crippen molar-refractivity contribution in [3.8, 4) is 6.07 Å². The zero-order valence-corrected chi connectivity index (χ0v) is 18.0. The third-order valence-electron chi connectivity index (χ3n) is 5.63. The lowest BCUT2D eigenvalue weighted by atomic mass is 9.95. The molecule has 3 aromatic rings. The Labute approximate surface area is 185 Å². The lowest BCUT2D eigenvalue weighted by molar-refractivity contribution is 0.0951. The van der Waals surface area contributed by atoms with Crippen molar-refractivity contribution in [3.63, 3.8) is 0 Å². The number of carbonyl (C=O) groups is 1. The molecule has 158 valence electrons. The molecule has 1 heterocycles. The fourth-order valence-electron chi connectivity index (χ4n) is 4.06. The summed E-state index contributed by atoms with van der Waals surface area (Å²) in [5.74, 6) is 0.0114. The first-order valence-electron chi connectivity index (χ1n) is 10.6. The van der Waals surface area contributed by atoms with Crippen molar-refractivity contribution in [2.24, 2.45) is 0 Å². The molecule has 4 rings (SSSR count). The maximum absolute atomic E-state index is 13.3. The van der Waals surface area contributed by atoms with Crippen LogP contribution in [-0.4, -0.2) is 21.2 Å². The van der Waals surface area contributed by atoms with E-state index in [9.17, 15) is 9.59 Å². The minimum absolute atomic E-state index is 0.0893. The van der Waals surface area contributed by atoms with Crippen molar-refractivity contribution < 1.29 is 4.79 Å². The van der Waals surface area contributed by atoms with Gasteiger partial charge in [-0.15, -0.1) is 0 Å². The zero-order valence-electron chi connectivity index (χ0n) is 17.2. The van der Waals surface area contributed by atoms with Crippen molar-refractivity contribution in [2.75, 3.05) is 5.75 Å². The summed E-state index contributed by atoms with van der Waals surface area (Å²) in [5.41, 5.74) is 1.88. The van der Waals surface area contributed by atoms with E-state index < -0.39 is 0 Å². The molecule has 7 heteroatoms. The van der Waals surface area contributed by atoms with Crippen LogP contribution in [0.4, 0.5) is 0 Å². The van der Waals surface area contributed by atoms with Gasteiger partial charge < -0.3 is 5.32 Å². The number of rotatable bonds is 6. The molecule has 1 N–H and O–H groups in total. The highest BCUT2D eigenvalue weighted by Crippen LogP contribution is 2.31. The summed E-state index contributed by atoms with van der Waals surface area (Å²) in [4.78, 5) is 30.7. The largest absolute Gasteiger partial charge is 0.348 e. The molecule has 1 fully saturated rings. The normalized spacial score (nSPS) is 14.3. The Bertz CT molecular complexity index is 1180. The Balaban J connectivity index is 1.66. The number of nitriles is 1. The van der Waals surface area contributed by atoms with E-state index in [4.69, 9.17) is 10.2 Å². The van der Waals surface area contributed by atoms with Gasteiger partial charge in [0, 0.05) is 18.2 Å². The number of aromatic nitrogens is 2. The van der Waals surface area contributed by atoms with Crippen molar-refractivity contribution >= 4 is 28.6 Å². The molecule has 1 aromatic heterocycles. The van der Waals surface area contributed by atoms with Gasteiger partial charge in [-0.2, -0.15) is 5.26 Å². The second-order valence-corrected chi connectivity index (χ2v) is 8.65. The van der Waals surface area contributed by atoms with E-state index in [0.717, 1.165) is 31.2 Å². The first-order valence-corrected chi connectivity index (χ1v) is 11.5. The summed E-state index contributed by atoms with van der Waals surface area (Å²) in [7, 11) is 0. The Morgan fingerprint density at radius 1 is 1.16 bits per heavy atom. The van der Waals surface area contributed by atoms with Crippen LogP contribution in [0.15, 0.2) is 58.5 Å². The third-order valence-corrected chi connectivity index (χ3v) is 6.45. The van der Waals surface area contributed by atoms with Gasteiger partial charge in [0.1, 0.15) is 0 Å². The Morgan fingerprint density at radius 3 is 2.68 bits per heavy atom. The molecule has 0 aliphatic heterocycles. The summed E-state index contributed by atoms with van der Waals surface area (Å²) >= 11 is 1.28. The third kappa shape index (κ3) is 4.80. The maximum Gasteiger partial charge on any atom is 0.262 e. The number of hydrogen-bond acceptors (Lipinski definition) is 5. The predicted octanol–water partition coefficient (Wildman–Crippen LogP) is 4.45. The van der Waals surface area contributed by atoms with E-state index in [1.807, 2.05) is 30.3 Å². The van der Waals surface area contributed by atoms with Crippen LogP contribution in [0.5, 0.6) is 0 Å². The van der Waals surface area contributed by atoms with Crippen molar-refractivity contribution in [3.05, 3.63) is 70.0 Å². The maximum atomic E-state index is 13.3. The molecular formula is C24H24N4O2S. The summed E-state index contributed by atoms with van der Waals surface area (Å²) in [5, 5.41) is 13.0. The van der Waals surface area contributed by atoms with Gasteiger partial charge in [-0.1, -0.05) is 61.4 Å². The monoisotopic (exact) mass is 432 g/mol. The smallest absolute Gasteiger partial charge is 0.262 e. The molecule has 31 heavy (non-hydrogen) atoms. The SMILES string of the molecule is N#CCSc1nc2cc(C(=O)NCc3ccccc3)ccc2c(=O)n1C1CCCCC1. The Kier molecular flexibility index (Phi) is 6.68. The van der Waals surface area contributed by atoms with Crippen LogP contribution < -0.4 is 10.9 Å². The molecule has 1 aliphatic rings. The van der Waals surface area contributed by atoms with Gasteiger partial charge in [-0.25, -0.2) is 4.98 Å². The van der Waals surface area contributed by atoms with E-state index >= 15 is 0 Å². The molecule has 6 nitrogen and oxygen atoms in total. The van der Waals surface area contributed by atoms with Crippen LogP contribution in [-0.2, 0) is 6.54 Å². The second kappa shape index (κ2) is 9.80. The quantitative estimate of drug-likeness (QED) is 0.459. The van der Waals surface area contributed by atoms with Gasteiger partial charge in [-0.05, 0) is 36.6 Å². The first kappa shape index (κ1) is 21.1. The van der Waals surface area contributed by atoms with Crippen LogP contribution in [0.25, 0.3) is 10.9 Å². The molecule has 0 radical (unpaired) electrons. The van der Waals surface area contributed by atoms with Crippen LogP contribution >= 0.6 is 11.8 Å². The molecule has 0 atom stereocenters. The van der Waals surface area contributed by atoms with Crippen molar-refractivity contribution in [1.29, 1.82) is 5.26 Å². The number of nitrogens with zero attached hydrogens (tertiary/aromatic N) is 3. The average molecular weight is 433 g/mol. The van der Waals surface area contributed by atoms with E-state index in [1.165, 1.54) is 18.2 Å². The van der Waals surface area contributed by atoms with Crippen LogP contribution in [0.2, 0.25) is 0 Å².